The summed E-state index contributed by atoms with van der Waals surface area (Å²) in [4.78, 5) is 51.6. The predicted molar refractivity (Wildman–Crippen MR) is 145 cm³/mol. The van der Waals surface area contributed by atoms with Crippen LogP contribution in [0.2, 0.25) is 0 Å². The van der Waals surface area contributed by atoms with E-state index < -0.39 is 71.8 Å². The molecule has 19 heteroatoms. The quantitative estimate of drug-likeness (QED) is 0.115. The summed E-state index contributed by atoms with van der Waals surface area (Å²) in [5, 5.41) is 45.9. The number of aliphatic carboxylic acids is 2. The van der Waals surface area contributed by atoms with Crippen LogP contribution in [0.5, 0.6) is 0 Å². The number of amides is 1. The SMILES string of the molecule is CC(C)(C)OC(=O)Nc1nc(N=[N+]=[N-])nc2c1ncn2[C@@H]1O[C@@H]2C(OC(Cc3cccc(C#N)c3)(C(=O)O)C(=O)O)[C@]2(O)[C@@H]1F. The van der Waals surface area contributed by atoms with Crippen molar-refractivity contribution in [2.45, 2.75) is 68.6 Å². The van der Waals surface area contributed by atoms with Crippen molar-refractivity contribution in [3.8, 4) is 6.07 Å². The van der Waals surface area contributed by atoms with Gasteiger partial charge in [-0.3, -0.25) is 9.88 Å². The number of halogens is 1. The summed E-state index contributed by atoms with van der Waals surface area (Å²) in [6, 6.07) is 7.38. The van der Waals surface area contributed by atoms with Crippen LogP contribution in [0.1, 0.15) is 38.1 Å². The zero-order valence-corrected chi connectivity index (χ0v) is 23.7. The van der Waals surface area contributed by atoms with E-state index in [1.807, 2.05) is 6.07 Å². The zero-order valence-electron chi connectivity index (χ0n) is 23.7. The first-order valence-corrected chi connectivity index (χ1v) is 13.1. The molecule has 5 atom stereocenters. The lowest BCUT2D eigenvalue weighted by Gasteiger charge is -2.28. The summed E-state index contributed by atoms with van der Waals surface area (Å²) in [6.45, 7) is 4.87. The highest BCUT2D eigenvalue weighted by molar-refractivity contribution is 6.02. The second-order valence-corrected chi connectivity index (χ2v) is 11.2. The first-order chi connectivity index (χ1) is 21.1. The van der Waals surface area contributed by atoms with Crippen LogP contribution in [0, 0.1) is 11.3 Å². The van der Waals surface area contributed by atoms with Gasteiger partial charge in [-0.05, 0) is 49.1 Å². The predicted octanol–water partition coefficient (Wildman–Crippen LogP) is 2.50. The number of nitriles is 1. The van der Waals surface area contributed by atoms with E-state index in [0.717, 1.165) is 10.9 Å². The van der Waals surface area contributed by atoms with E-state index in [0.29, 0.717) is 0 Å². The van der Waals surface area contributed by atoms with Gasteiger partial charge < -0.3 is 29.5 Å². The Morgan fingerprint density at radius 1 is 1.29 bits per heavy atom. The van der Waals surface area contributed by atoms with Crippen LogP contribution in [0.3, 0.4) is 0 Å². The fourth-order valence-electron chi connectivity index (χ4n) is 4.94. The molecule has 0 spiro atoms. The molecular weight excluding hydrogens is 601 g/mol. The molecule has 1 aliphatic heterocycles. The molecule has 234 valence electrons. The number of hydrogen-bond donors (Lipinski definition) is 4. The number of carboxylic acids is 2. The van der Waals surface area contributed by atoms with Gasteiger partial charge in [0.25, 0.3) is 5.60 Å². The Morgan fingerprint density at radius 2 is 2.00 bits per heavy atom. The third kappa shape index (κ3) is 5.42. The van der Waals surface area contributed by atoms with Crippen molar-refractivity contribution < 1.29 is 48.3 Å². The molecule has 18 nitrogen and oxygen atoms in total. The van der Waals surface area contributed by atoms with Gasteiger partial charge in [0.1, 0.15) is 17.8 Å². The van der Waals surface area contributed by atoms with Crippen LogP contribution in [-0.4, -0.2) is 88.1 Å². The smallest absolute Gasteiger partial charge is 0.413 e. The number of benzene rings is 1. The van der Waals surface area contributed by atoms with Gasteiger partial charge in [0, 0.05) is 11.3 Å². The van der Waals surface area contributed by atoms with Gasteiger partial charge in [-0.25, -0.2) is 33.7 Å². The maximum absolute atomic E-state index is 15.9. The molecule has 3 heterocycles. The average Bonchev–Trinajstić information content (AvgIpc) is 3.18. The van der Waals surface area contributed by atoms with Crippen LogP contribution in [0.25, 0.3) is 21.6 Å². The molecule has 0 bridgehead atoms. The number of anilines is 1. The standard InChI is InChI=1S/C26H24FN9O9/c1-24(2,3)45-23(41)32-17-13-18(33-22(31-17)34-35-29)36(10-30-13)19-14(27)26(42)15(43-19)16(26)44-25(20(37)38,21(39)40)8-11-5-4-6-12(7-11)9-28/h4-7,10,14-16,19,42H,8H2,1-3H3,(H,37,38)(H,39,40)(H,31,32,33,41)/t14-,15-,16?,19-,26+/m1/s1. The lowest BCUT2D eigenvalue weighted by molar-refractivity contribution is -0.194. The number of rotatable bonds is 9. The van der Waals surface area contributed by atoms with Gasteiger partial charge >= 0.3 is 18.0 Å². The van der Waals surface area contributed by atoms with Crippen molar-refractivity contribution in [1.82, 2.24) is 19.5 Å². The van der Waals surface area contributed by atoms with Crippen molar-refractivity contribution >= 4 is 41.0 Å². The first-order valence-electron chi connectivity index (χ1n) is 13.1. The lowest BCUT2D eigenvalue weighted by atomic mass is 9.93. The Kier molecular flexibility index (Phi) is 7.55. The van der Waals surface area contributed by atoms with E-state index in [2.05, 4.69) is 30.3 Å². The molecule has 2 aromatic heterocycles. The van der Waals surface area contributed by atoms with Gasteiger partial charge in [-0.15, -0.1) is 0 Å². The van der Waals surface area contributed by atoms with E-state index in [4.69, 9.17) is 25.0 Å². The number of aliphatic hydroxyl groups is 1. The number of nitrogens with one attached hydrogen (secondary N) is 1. The van der Waals surface area contributed by atoms with Gasteiger partial charge in [-0.1, -0.05) is 12.1 Å². The second kappa shape index (κ2) is 10.9. The number of carbonyl (C=O) groups is 3. The van der Waals surface area contributed by atoms with Crippen molar-refractivity contribution in [2.24, 2.45) is 5.11 Å². The van der Waals surface area contributed by atoms with Gasteiger partial charge in [0.2, 0.25) is 5.95 Å². The van der Waals surface area contributed by atoms with Crippen LogP contribution in [0.4, 0.5) is 21.0 Å². The van der Waals surface area contributed by atoms with Crippen LogP contribution in [-0.2, 0) is 30.2 Å². The number of carboxylic acid groups (broad SMARTS) is 2. The summed E-state index contributed by atoms with van der Waals surface area (Å²) < 4.78 is 33.3. The first kappa shape index (κ1) is 31.0. The third-order valence-electron chi connectivity index (χ3n) is 7.02. The van der Waals surface area contributed by atoms with E-state index >= 15 is 4.39 Å². The summed E-state index contributed by atoms with van der Waals surface area (Å²) in [7, 11) is 0. The monoisotopic (exact) mass is 625 g/mol. The summed E-state index contributed by atoms with van der Waals surface area (Å²) in [5.74, 6) is -4.58. The molecule has 2 aliphatic rings. The average molecular weight is 626 g/mol. The Hall–Kier alpha value is -5.41. The van der Waals surface area contributed by atoms with Crippen molar-refractivity contribution in [1.29, 1.82) is 5.26 Å². The lowest BCUT2D eigenvalue weighted by Crippen LogP contribution is -2.53. The highest BCUT2D eigenvalue weighted by atomic mass is 19.1. The fourth-order valence-corrected chi connectivity index (χ4v) is 4.94. The molecule has 2 fully saturated rings. The van der Waals surface area contributed by atoms with E-state index in [-0.39, 0.29) is 28.1 Å². The van der Waals surface area contributed by atoms with Crippen molar-refractivity contribution in [2.75, 3.05) is 5.32 Å². The number of aromatic nitrogens is 4. The largest absolute Gasteiger partial charge is 0.479 e. The van der Waals surface area contributed by atoms with Crippen molar-refractivity contribution in [3.63, 3.8) is 0 Å². The highest BCUT2D eigenvalue weighted by Crippen LogP contribution is 2.58. The molecule has 1 aromatic carbocycles. The molecule has 1 amide bonds. The minimum absolute atomic E-state index is 0.0933. The van der Waals surface area contributed by atoms with Gasteiger partial charge in [0.15, 0.2) is 35.0 Å². The summed E-state index contributed by atoms with van der Waals surface area (Å²) in [5.41, 5.74) is 2.55. The van der Waals surface area contributed by atoms with Crippen LogP contribution >= 0.6 is 0 Å². The number of azide groups is 1. The Bertz CT molecular complexity index is 1800. The molecule has 4 N–H and O–H groups in total. The zero-order chi connectivity index (χ0) is 32.9. The highest BCUT2D eigenvalue weighted by Gasteiger charge is 2.80. The normalized spacial score (nSPS) is 23.8. The molecule has 1 unspecified atom stereocenters. The minimum atomic E-state index is -2.97. The van der Waals surface area contributed by atoms with E-state index in [1.165, 1.54) is 24.3 Å². The summed E-state index contributed by atoms with van der Waals surface area (Å²) >= 11 is 0. The molecular formula is C26H24FN9O9. The van der Waals surface area contributed by atoms with Crippen LogP contribution in [0.15, 0.2) is 35.7 Å². The fraction of sp³-hybridized carbons (Fsp3) is 0.423. The van der Waals surface area contributed by atoms with E-state index in [1.54, 1.807) is 20.8 Å². The molecule has 1 saturated heterocycles. The molecule has 3 aromatic rings. The molecule has 1 saturated carbocycles. The number of carbonyl (C=O) groups excluding carboxylic acids is 1. The van der Waals surface area contributed by atoms with Gasteiger partial charge in [0.05, 0.1) is 18.0 Å². The van der Waals surface area contributed by atoms with Crippen molar-refractivity contribution in [3.05, 3.63) is 52.2 Å². The number of nitrogens with zero attached hydrogens (tertiary/aromatic N) is 8. The Labute approximate surface area is 251 Å². The maximum Gasteiger partial charge on any atom is 0.413 e. The molecule has 5 rings (SSSR count). The molecule has 0 radical (unpaired) electrons. The number of hydrogen-bond acceptors (Lipinski definition) is 12. The molecule has 1 aliphatic carbocycles. The maximum atomic E-state index is 15.9. The summed E-state index contributed by atoms with van der Waals surface area (Å²) in [6.07, 6.45) is -7.86. The number of alkyl halides is 1. The second-order valence-electron chi connectivity index (χ2n) is 11.2. The van der Waals surface area contributed by atoms with Gasteiger partial charge in [-0.2, -0.15) is 5.26 Å². The van der Waals surface area contributed by atoms with E-state index in [9.17, 15) is 29.7 Å². The Balaban J connectivity index is 1.43. The third-order valence-corrected chi connectivity index (χ3v) is 7.02. The topological polar surface area (TPSA) is 268 Å². The number of imidazole rings is 1. The minimum Gasteiger partial charge on any atom is -0.479 e. The number of ether oxygens (including phenoxy) is 3. The molecule has 45 heavy (non-hydrogen) atoms. The van der Waals surface area contributed by atoms with Crippen LogP contribution < -0.4 is 5.32 Å². The Morgan fingerprint density at radius 3 is 2.58 bits per heavy atom. The number of fused-ring (bicyclic) bond motifs is 2.